The van der Waals surface area contributed by atoms with Gasteiger partial charge in [-0.15, -0.1) is 0 Å². The Balaban J connectivity index is 2.88. The van der Waals surface area contributed by atoms with Crippen molar-refractivity contribution < 1.29 is 27.9 Å². The second-order valence-electron chi connectivity index (χ2n) is 4.51. The van der Waals surface area contributed by atoms with Crippen molar-refractivity contribution in [2.24, 2.45) is 5.92 Å². The number of hydrogen-bond acceptors (Lipinski definition) is 3. The van der Waals surface area contributed by atoms with E-state index < -0.39 is 29.7 Å². The van der Waals surface area contributed by atoms with Crippen LogP contribution in [0.4, 0.5) is 13.2 Å². The lowest BCUT2D eigenvalue weighted by atomic mass is 10.1. The van der Waals surface area contributed by atoms with Crippen LogP contribution in [0.1, 0.15) is 29.9 Å². The van der Waals surface area contributed by atoms with E-state index in [4.69, 9.17) is 5.11 Å². The van der Waals surface area contributed by atoms with E-state index in [1.807, 2.05) is 0 Å². The van der Waals surface area contributed by atoms with Crippen molar-refractivity contribution in [1.82, 2.24) is 9.88 Å². The Kier molecular flexibility index (Phi) is 5.28. The molecule has 0 radical (unpaired) electrons. The van der Waals surface area contributed by atoms with E-state index in [2.05, 4.69) is 4.98 Å². The number of carboxylic acids is 1. The molecule has 0 bridgehead atoms. The summed E-state index contributed by atoms with van der Waals surface area (Å²) in [5.74, 6) is -2.37. The molecule has 0 spiro atoms. The molecular weight excluding hydrogens is 289 g/mol. The van der Waals surface area contributed by atoms with Gasteiger partial charge in [-0.3, -0.25) is 14.6 Å². The van der Waals surface area contributed by atoms with Crippen LogP contribution < -0.4 is 0 Å². The van der Waals surface area contributed by atoms with Gasteiger partial charge in [0.25, 0.3) is 5.91 Å². The molecule has 8 heteroatoms. The summed E-state index contributed by atoms with van der Waals surface area (Å²) < 4.78 is 37.1. The number of carboxylic acid groups (broad SMARTS) is 1. The van der Waals surface area contributed by atoms with E-state index in [0.29, 0.717) is 0 Å². The molecule has 0 aliphatic carbocycles. The predicted octanol–water partition coefficient (Wildman–Crippen LogP) is 2.28. The van der Waals surface area contributed by atoms with Crippen LogP contribution >= 0.6 is 0 Å². The van der Waals surface area contributed by atoms with Crippen molar-refractivity contribution in [3.05, 3.63) is 29.6 Å². The lowest BCUT2D eigenvalue weighted by molar-refractivity contribution is -0.142. The first-order valence-electron chi connectivity index (χ1n) is 6.22. The van der Waals surface area contributed by atoms with Crippen LogP contribution in [0.2, 0.25) is 0 Å². The fourth-order valence-electron chi connectivity index (χ4n) is 1.63. The molecule has 1 aromatic rings. The number of halogens is 3. The van der Waals surface area contributed by atoms with Crippen molar-refractivity contribution in [2.45, 2.75) is 20.0 Å². The first-order chi connectivity index (χ1) is 9.66. The zero-order chi connectivity index (χ0) is 16.2. The first kappa shape index (κ1) is 16.9. The molecule has 1 atom stereocenters. The Morgan fingerprint density at radius 3 is 2.38 bits per heavy atom. The third kappa shape index (κ3) is 4.44. The van der Waals surface area contributed by atoms with Crippen molar-refractivity contribution in [3.63, 3.8) is 0 Å². The zero-order valence-electron chi connectivity index (χ0n) is 11.5. The number of aromatic nitrogens is 1. The molecular formula is C13H15F3N2O3. The van der Waals surface area contributed by atoms with Gasteiger partial charge in [-0.1, -0.05) is 6.92 Å². The van der Waals surface area contributed by atoms with Crippen LogP contribution in [0.3, 0.4) is 0 Å². The van der Waals surface area contributed by atoms with Crippen molar-refractivity contribution in [2.75, 3.05) is 13.1 Å². The van der Waals surface area contributed by atoms with E-state index in [-0.39, 0.29) is 18.7 Å². The summed E-state index contributed by atoms with van der Waals surface area (Å²) in [4.78, 5) is 27.4. The minimum absolute atomic E-state index is 0.0116. The van der Waals surface area contributed by atoms with Crippen LogP contribution in [0.25, 0.3) is 0 Å². The summed E-state index contributed by atoms with van der Waals surface area (Å²) in [6, 6.07) is 1.76. The molecule has 1 unspecified atom stereocenters. The van der Waals surface area contributed by atoms with E-state index in [1.54, 1.807) is 6.92 Å². The SMILES string of the molecule is CCN(CC(C)C(=O)O)C(=O)c1ccc(C(F)(F)F)nc1. The van der Waals surface area contributed by atoms with Crippen LogP contribution in [0.15, 0.2) is 18.3 Å². The predicted molar refractivity (Wildman–Crippen MR) is 67.6 cm³/mol. The highest BCUT2D eigenvalue weighted by atomic mass is 19.4. The van der Waals surface area contributed by atoms with Gasteiger partial charge in [-0.25, -0.2) is 0 Å². The molecule has 1 N–H and O–H groups in total. The van der Waals surface area contributed by atoms with Gasteiger partial charge in [-0.05, 0) is 19.1 Å². The Morgan fingerprint density at radius 2 is 2.00 bits per heavy atom. The summed E-state index contributed by atoms with van der Waals surface area (Å²) >= 11 is 0. The second-order valence-corrected chi connectivity index (χ2v) is 4.51. The van der Waals surface area contributed by atoms with Gasteiger partial charge >= 0.3 is 12.1 Å². The number of hydrogen-bond donors (Lipinski definition) is 1. The molecule has 0 saturated carbocycles. The molecule has 0 aromatic carbocycles. The number of amides is 1. The number of nitrogens with zero attached hydrogens (tertiary/aromatic N) is 2. The highest BCUT2D eigenvalue weighted by Gasteiger charge is 2.32. The number of alkyl halides is 3. The Hall–Kier alpha value is -2.12. The van der Waals surface area contributed by atoms with Crippen molar-refractivity contribution in [1.29, 1.82) is 0 Å². The highest BCUT2D eigenvalue weighted by Crippen LogP contribution is 2.27. The third-order valence-corrected chi connectivity index (χ3v) is 2.89. The second kappa shape index (κ2) is 6.55. The van der Waals surface area contributed by atoms with E-state index in [1.165, 1.54) is 11.8 Å². The number of aliphatic carboxylic acids is 1. The average molecular weight is 304 g/mol. The number of rotatable bonds is 5. The largest absolute Gasteiger partial charge is 0.481 e. The van der Waals surface area contributed by atoms with Gasteiger partial charge in [0.2, 0.25) is 0 Å². The van der Waals surface area contributed by atoms with Crippen LogP contribution in [0.5, 0.6) is 0 Å². The minimum Gasteiger partial charge on any atom is -0.481 e. The van der Waals surface area contributed by atoms with Gasteiger partial charge in [-0.2, -0.15) is 13.2 Å². The van der Waals surface area contributed by atoms with Crippen molar-refractivity contribution >= 4 is 11.9 Å². The summed E-state index contributed by atoms with van der Waals surface area (Å²) in [6.07, 6.45) is -3.72. The van der Waals surface area contributed by atoms with Crippen LogP contribution in [-0.2, 0) is 11.0 Å². The summed E-state index contributed by atoms with van der Waals surface area (Å²) in [5.41, 5.74) is -1.09. The van der Waals surface area contributed by atoms with Gasteiger partial charge in [0.15, 0.2) is 0 Å². The van der Waals surface area contributed by atoms with Crippen molar-refractivity contribution in [3.8, 4) is 0 Å². The van der Waals surface area contributed by atoms with Crippen LogP contribution in [-0.4, -0.2) is 40.0 Å². The molecule has 5 nitrogen and oxygen atoms in total. The van der Waals surface area contributed by atoms with E-state index >= 15 is 0 Å². The normalized spacial score (nSPS) is 12.8. The van der Waals surface area contributed by atoms with E-state index in [0.717, 1.165) is 18.3 Å². The molecule has 1 rings (SSSR count). The van der Waals surface area contributed by atoms with Crippen LogP contribution in [0, 0.1) is 5.92 Å². The topological polar surface area (TPSA) is 70.5 Å². The zero-order valence-corrected chi connectivity index (χ0v) is 11.5. The monoisotopic (exact) mass is 304 g/mol. The number of carbonyl (C=O) groups excluding carboxylic acids is 1. The minimum atomic E-state index is -4.57. The molecule has 0 fully saturated rings. The fourth-order valence-corrected chi connectivity index (χ4v) is 1.63. The van der Waals surface area contributed by atoms with Gasteiger partial charge < -0.3 is 10.0 Å². The molecule has 1 aromatic heterocycles. The summed E-state index contributed by atoms with van der Waals surface area (Å²) in [7, 11) is 0. The number of pyridine rings is 1. The fraction of sp³-hybridized carbons (Fsp3) is 0.462. The maximum absolute atomic E-state index is 12.4. The Bertz CT molecular complexity index is 514. The van der Waals surface area contributed by atoms with E-state index in [9.17, 15) is 22.8 Å². The number of carbonyl (C=O) groups is 2. The lowest BCUT2D eigenvalue weighted by Gasteiger charge is -2.22. The molecule has 1 amide bonds. The summed E-state index contributed by atoms with van der Waals surface area (Å²) in [5, 5.41) is 8.83. The Morgan fingerprint density at radius 1 is 1.38 bits per heavy atom. The van der Waals surface area contributed by atoms with Gasteiger partial charge in [0.1, 0.15) is 5.69 Å². The molecule has 21 heavy (non-hydrogen) atoms. The quantitative estimate of drug-likeness (QED) is 0.906. The lowest BCUT2D eigenvalue weighted by Crippen LogP contribution is -2.36. The first-order valence-corrected chi connectivity index (χ1v) is 6.22. The molecule has 0 aliphatic rings. The maximum Gasteiger partial charge on any atom is 0.433 e. The Labute approximate surface area is 119 Å². The molecule has 0 saturated heterocycles. The summed E-state index contributed by atoms with van der Waals surface area (Å²) in [6.45, 7) is 3.33. The molecule has 116 valence electrons. The standard InChI is InChI=1S/C13H15F3N2O3/c1-3-18(7-8(2)12(20)21)11(19)9-4-5-10(17-6-9)13(14,15)16/h4-6,8H,3,7H2,1-2H3,(H,20,21). The molecule has 1 heterocycles. The van der Waals surface area contributed by atoms with Gasteiger partial charge in [0, 0.05) is 19.3 Å². The van der Waals surface area contributed by atoms with Gasteiger partial charge in [0.05, 0.1) is 11.5 Å². The smallest absolute Gasteiger partial charge is 0.433 e. The highest BCUT2D eigenvalue weighted by molar-refractivity contribution is 5.94. The maximum atomic E-state index is 12.4. The molecule has 0 aliphatic heterocycles. The third-order valence-electron chi connectivity index (χ3n) is 2.89. The average Bonchev–Trinajstić information content (AvgIpc) is 2.42.